The Bertz CT molecular complexity index is 787. The quantitative estimate of drug-likeness (QED) is 0.534. The average molecular weight is 381 g/mol. The number of ether oxygens (including phenoxy) is 2. The van der Waals surface area contributed by atoms with Crippen LogP contribution in [0.4, 0.5) is 4.79 Å². The Hall–Kier alpha value is -2.82. The molecule has 5 heteroatoms. The molecular formula is C23H27NO4. The molecule has 2 aromatic rings. The van der Waals surface area contributed by atoms with Gasteiger partial charge in [-0.05, 0) is 28.7 Å². The fourth-order valence-corrected chi connectivity index (χ4v) is 3.77. The smallest absolute Gasteiger partial charge is 0.407 e. The van der Waals surface area contributed by atoms with Crippen molar-refractivity contribution < 1.29 is 19.1 Å². The predicted molar refractivity (Wildman–Crippen MR) is 108 cm³/mol. The van der Waals surface area contributed by atoms with Gasteiger partial charge in [0, 0.05) is 5.92 Å². The highest BCUT2D eigenvalue weighted by Gasteiger charge is 2.29. The van der Waals surface area contributed by atoms with Gasteiger partial charge in [0.1, 0.15) is 12.6 Å². The molecule has 0 bridgehead atoms. The van der Waals surface area contributed by atoms with E-state index in [1.54, 1.807) is 0 Å². The first-order chi connectivity index (χ1) is 13.7. The molecule has 0 radical (unpaired) electrons. The zero-order valence-electron chi connectivity index (χ0n) is 16.4. The number of alkyl carbamates (subject to hydrolysis) is 1. The Morgan fingerprint density at radius 1 is 1.00 bits per heavy atom. The van der Waals surface area contributed by atoms with Gasteiger partial charge >= 0.3 is 12.1 Å². The number of amides is 1. The molecule has 0 unspecified atom stereocenters. The molecule has 0 aromatic heterocycles. The molecule has 2 aromatic carbocycles. The van der Waals surface area contributed by atoms with E-state index in [-0.39, 0.29) is 12.5 Å². The van der Waals surface area contributed by atoms with Gasteiger partial charge < -0.3 is 14.8 Å². The lowest BCUT2D eigenvalue weighted by molar-refractivity contribution is -0.143. The number of fused-ring (bicyclic) bond motifs is 3. The van der Waals surface area contributed by atoms with Gasteiger partial charge in [-0.3, -0.25) is 0 Å². The van der Waals surface area contributed by atoms with Crippen LogP contribution < -0.4 is 5.32 Å². The number of hydrogen-bond acceptors (Lipinski definition) is 4. The van der Waals surface area contributed by atoms with Crippen molar-refractivity contribution in [1.29, 1.82) is 0 Å². The monoisotopic (exact) mass is 381 g/mol. The summed E-state index contributed by atoms with van der Waals surface area (Å²) in [5.41, 5.74) is 4.67. The van der Waals surface area contributed by atoms with E-state index in [1.807, 2.05) is 24.3 Å². The first-order valence-electron chi connectivity index (χ1n) is 9.85. The molecule has 5 nitrogen and oxygen atoms in total. The number of unbranched alkanes of at least 4 members (excludes halogenated alkanes) is 2. The van der Waals surface area contributed by atoms with Gasteiger partial charge in [-0.25, -0.2) is 9.59 Å². The Labute approximate surface area is 166 Å². The van der Waals surface area contributed by atoms with Crippen molar-refractivity contribution >= 4 is 12.1 Å². The van der Waals surface area contributed by atoms with Crippen LogP contribution in [0.15, 0.2) is 48.5 Å². The molecule has 0 saturated carbocycles. The van der Waals surface area contributed by atoms with E-state index in [0.29, 0.717) is 6.42 Å². The van der Waals surface area contributed by atoms with E-state index in [0.717, 1.165) is 30.4 Å². The van der Waals surface area contributed by atoms with Crippen LogP contribution in [-0.2, 0) is 14.3 Å². The number of carbonyl (C=O) groups is 2. The zero-order chi connectivity index (χ0) is 19.9. The lowest BCUT2D eigenvalue weighted by Gasteiger charge is -2.18. The normalized spacial score (nSPS) is 13.4. The molecule has 148 valence electrons. The van der Waals surface area contributed by atoms with Gasteiger partial charge in [0.05, 0.1) is 7.11 Å². The van der Waals surface area contributed by atoms with Crippen LogP contribution in [-0.4, -0.2) is 31.8 Å². The summed E-state index contributed by atoms with van der Waals surface area (Å²) < 4.78 is 10.3. The molecule has 0 heterocycles. The molecule has 1 atom stereocenters. The van der Waals surface area contributed by atoms with Crippen LogP contribution in [0.25, 0.3) is 11.1 Å². The first-order valence-corrected chi connectivity index (χ1v) is 9.85. The summed E-state index contributed by atoms with van der Waals surface area (Å²) in [4.78, 5) is 24.3. The third-order valence-corrected chi connectivity index (χ3v) is 5.22. The number of hydrogen-bond donors (Lipinski definition) is 1. The molecule has 0 fully saturated rings. The molecular weight excluding hydrogens is 354 g/mol. The minimum Gasteiger partial charge on any atom is -0.467 e. The Balaban J connectivity index is 1.64. The van der Waals surface area contributed by atoms with Gasteiger partial charge in [0.2, 0.25) is 0 Å². The lowest BCUT2D eigenvalue weighted by Crippen LogP contribution is -2.42. The van der Waals surface area contributed by atoms with Crippen LogP contribution >= 0.6 is 0 Å². The number of benzene rings is 2. The molecule has 1 N–H and O–H groups in total. The molecule has 28 heavy (non-hydrogen) atoms. The second-order valence-corrected chi connectivity index (χ2v) is 7.04. The van der Waals surface area contributed by atoms with Crippen molar-refractivity contribution in [2.75, 3.05) is 13.7 Å². The molecule has 1 amide bonds. The Kier molecular flexibility index (Phi) is 6.69. The summed E-state index contributed by atoms with van der Waals surface area (Å²) in [5.74, 6) is -0.445. The lowest BCUT2D eigenvalue weighted by atomic mass is 9.98. The van der Waals surface area contributed by atoms with Gasteiger partial charge in [-0.15, -0.1) is 0 Å². The minimum absolute atomic E-state index is 0.00480. The van der Waals surface area contributed by atoms with Crippen molar-refractivity contribution in [3.63, 3.8) is 0 Å². The fourth-order valence-electron chi connectivity index (χ4n) is 3.77. The van der Waals surface area contributed by atoms with Crippen LogP contribution in [0.1, 0.15) is 49.7 Å². The third-order valence-electron chi connectivity index (χ3n) is 5.22. The topological polar surface area (TPSA) is 64.6 Å². The Morgan fingerprint density at radius 2 is 1.61 bits per heavy atom. The number of nitrogens with one attached hydrogen (secondary N) is 1. The van der Waals surface area contributed by atoms with E-state index in [4.69, 9.17) is 9.47 Å². The van der Waals surface area contributed by atoms with Crippen molar-refractivity contribution in [2.45, 2.75) is 44.6 Å². The Morgan fingerprint density at radius 3 is 2.18 bits per heavy atom. The first kappa shape index (κ1) is 19.9. The van der Waals surface area contributed by atoms with Crippen molar-refractivity contribution in [2.24, 2.45) is 0 Å². The standard InChI is InChI=1S/C23H27NO4/c1-3-4-5-14-21(22(25)27-2)24-23(26)28-15-20-18-12-8-6-10-16(18)17-11-7-9-13-19(17)20/h6-13,20-21H,3-5,14-15H2,1-2H3,(H,24,26)/t21-/m1/s1. The SMILES string of the molecule is CCCCC[C@@H](NC(=O)OCC1c2ccccc2-c2ccccc21)C(=O)OC. The second kappa shape index (κ2) is 9.40. The summed E-state index contributed by atoms with van der Waals surface area (Å²) in [6.07, 6.45) is 2.84. The molecule has 0 spiro atoms. The van der Waals surface area contributed by atoms with Crippen LogP contribution in [0, 0.1) is 0 Å². The summed E-state index contributed by atoms with van der Waals surface area (Å²) in [6, 6.07) is 15.7. The highest BCUT2D eigenvalue weighted by atomic mass is 16.6. The van der Waals surface area contributed by atoms with Gasteiger partial charge in [0.15, 0.2) is 0 Å². The third kappa shape index (κ3) is 4.35. The van der Waals surface area contributed by atoms with Gasteiger partial charge in [0.25, 0.3) is 0 Å². The second-order valence-electron chi connectivity index (χ2n) is 7.04. The van der Waals surface area contributed by atoms with Crippen LogP contribution in [0.2, 0.25) is 0 Å². The maximum Gasteiger partial charge on any atom is 0.407 e. The molecule has 3 rings (SSSR count). The van der Waals surface area contributed by atoms with Crippen molar-refractivity contribution in [3.8, 4) is 11.1 Å². The van der Waals surface area contributed by atoms with Crippen molar-refractivity contribution in [3.05, 3.63) is 59.7 Å². The number of esters is 1. The fraction of sp³-hybridized carbons (Fsp3) is 0.391. The van der Waals surface area contributed by atoms with E-state index >= 15 is 0 Å². The number of carbonyl (C=O) groups excluding carboxylic acids is 2. The largest absolute Gasteiger partial charge is 0.467 e. The molecule has 0 aliphatic heterocycles. The predicted octanol–water partition coefficient (Wildman–Crippen LogP) is 4.65. The zero-order valence-corrected chi connectivity index (χ0v) is 16.4. The molecule has 1 aliphatic carbocycles. The van der Waals surface area contributed by atoms with Crippen LogP contribution in [0.5, 0.6) is 0 Å². The highest BCUT2D eigenvalue weighted by Crippen LogP contribution is 2.44. The number of methoxy groups -OCH3 is 1. The van der Waals surface area contributed by atoms with Crippen molar-refractivity contribution in [1.82, 2.24) is 5.32 Å². The molecule has 1 aliphatic rings. The summed E-state index contributed by atoms with van der Waals surface area (Å²) >= 11 is 0. The van der Waals surface area contributed by atoms with E-state index in [9.17, 15) is 9.59 Å². The van der Waals surface area contributed by atoms with E-state index in [2.05, 4.69) is 36.5 Å². The maximum atomic E-state index is 12.3. The van der Waals surface area contributed by atoms with E-state index in [1.165, 1.54) is 18.2 Å². The number of rotatable bonds is 8. The van der Waals surface area contributed by atoms with Gasteiger partial charge in [-0.2, -0.15) is 0 Å². The maximum absolute atomic E-state index is 12.3. The summed E-state index contributed by atoms with van der Waals surface area (Å²) in [6.45, 7) is 2.31. The summed E-state index contributed by atoms with van der Waals surface area (Å²) in [7, 11) is 1.33. The highest BCUT2D eigenvalue weighted by molar-refractivity contribution is 5.82. The van der Waals surface area contributed by atoms with Gasteiger partial charge in [-0.1, -0.05) is 74.7 Å². The summed E-state index contributed by atoms with van der Waals surface area (Å²) in [5, 5.41) is 2.66. The molecule has 0 saturated heterocycles. The average Bonchev–Trinajstić information content (AvgIpc) is 3.05. The minimum atomic E-state index is -0.674. The van der Waals surface area contributed by atoms with Crippen LogP contribution in [0.3, 0.4) is 0 Å². The van der Waals surface area contributed by atoms with E-state index < -0.39 is 18.1 Å².